The molecule has 21 atom stereocenters. The van der Waals surface area contributed by atoms with Gasteiger partial charge in [0, 0.05) is 13.3 Å². The predicted octanol–water partition coefficient (Wildman–Crippen LogP) is -10.4. The van der Waals surface area contributed by atoms with Crippen LogP contribution in [0.25, 0.3) is 0 Å². The topological polar surface area (TPSA) is 420 Å². The molecule has 4 aliphatic heterocycles. The number of carboxylic acids is 1. The van der Waals surface area contributed by atoms with Crippen LogP contribution in [0.1, 0.15) is 13.3 Å². The number of amides is 1. The van der Waals surface area contributed by atoms with Crippen molar-refractivity contribution >= 4 is 11.9 Å². The minimum atomic E-state index is -3.08. The van der Waals surface area contributed by atoms with E-state index in [1.54, 1.807) is 0 Å². The summed E-state index contributed by atoms with van der Waals surface area (Å²) in [5.74, 6) is -5.86. The van der Waals surface area contributed by atoms with Crippen molar-refractivity contribution in [3.05, 3.63) is 0 Å². The maximum absolute atomic E-state index is 12.7. The fourth-order valence-electron chi connectivity index (χ4n) is 6.68. The van der Waals surface area contributed by atoms with Crippen molar-refractivity contribution in [2.45, 2.75) is 142 Å². The van der Waals surface area contributed by atoms with E-state index in [0.717, 1.165) is 6.92 Å². The second-order valence-electron chi connectivity index (χ2n) is 13.4. The smallest absolute Gasteiger partial charge is 0.364 e. The molecule has 4 saturated heterocycles. The zero-order chi connectivity index (χ0) is 40.4. The highest BCUT2D eigenvalue weighted by atomic mass is 16.8. The van der Waals surface area contributed by atoms with E-state index in [1.165, 1.54) is 0 Å². The maximum atomic E-state index is 12.7. The van der Waals surface area contributed by atoms with Crippen LogP contribution in [0, 0.1) is 0 Å². The number of aliphatic carboxylic acids is 1. The number of rotatable bonds is 14. The van der Waals surface area contributed by atoms with Gasteiger partial charge in [0.15, 0.2) is 18.9 Å². The van der Waals surface area contributed by atoms with Crippen molar-refractivity contribution in [2.24, 2.45) is 5.73 Å². The van der Waals surface area contributed by atoms with Gasteiger partial charge in [0.25, 0.3) is 5.79 Å². The lowest BCUT2D eigenvalue weighted by Gasteiger charge is -2.51. The van der Waals surface area contributed by atoms with Crippen LogP contribution in [-0.2, 0) is 42.7 Å². The normalized spacial score (nSPS) is 47.1. The number of ether oxygens (including phenoxy) is 7. The molecule has 0 aromatic heterocycles. The second kappa shape index (κ2) is 18.6. The molecule has 4 rings (SSSR count). The molecule has 0 spiro atoms. The number of hydrogen-bond donors (Lipinski definition) is 16. The molecule has 0 aromatic rings. The van der Waals surface area contributed by atoms with Crippen molar-refractivity contribution in [1.82, 2.24) is 5.32 Å². The molecule has 25 nitrogen and oxygen atoms in total. The van der Waals surface area contributed by atoms with E-state index in [1.807, 2.05) is 0 Å². The van der Waals surface area contributed by atoms with Crippen LogP contribution in [0.15, 0.2) is 0 Å². The highest BCUT2D eigenvalue weighted by Crippen LogP contribution is 2.38. The third-order valence-electron chi connectivity index (χ3n) is 9.66. The molecule has 0 bridgehead atoms. The molecule has 4 fully saturated rings. The Morgan fingerprint density at radius 1 is 0.778 bits per heavy atom. The number of aliphatic hydroxyl groups is 13. The second-order valence-corrected chi connectivity index (χ2v) is 13.4. The van der Waals surface area contributed by atoms with Gasteiger partial charge in [0.1, 0.15) is 85.5 Å². The number of carbonyl (C=O) groups excluding carboxylic acids is 1. The number of carbonyl (C=O) groups is 2. The summed E-state index contributed by atoms with van der Waals surface area (Å²) in [6, 6.07) is -3.22. The standard InChI is InChI=1S/C29H50N2O23/c1-7(36)31-14-8(37)2-29(28(46)47,53-22(14)15(39)9(38)3-32)54-23-17(41)11(5-34)49-27(20(23)44)51-21-12(6-35)50-26(13(30)18(21)42)52-24-19(43)16(40)10(4-33)48-25(24)45/h8-27,32-35,37-45H,2-6,30H2,1H3,(H,31,36)(H,46,47)/t8-,9+,10+,11+,12+,13+,14+,15+,16+,17-,18+,19-,20+,21+,22+,23-,24-,25+,26-,27-,29-/m0/s1. The molecule has 17 N–H and O–H groups in total. The minimum absolute atomic E-state index is 0.773. The first-order valence-corrected chi connectivity index (χ1v) is 16.8. The summed E-state index contributed by atoms with van der Waals surface area (Å²) in [6.07, 6.45) is -35.1. The molecule has 0 aromatic carbocycles. The van der Waals surface area contributed by atoms with E-state index in [9.17, 15) is 81.1 Å². The SMILES string of the molecule is CC(=O)N[C@H]1[C@H]([C@H](O)[C@H](O)CO)O[C@@](O[C@H]2[C@@H](O)[C@@H](CO)O[C@@H](O[C@H]3[C@H](O)[C@@H](N)[C@H](O[C@H]4[C@@H](O)[C@H](O)[C@@H](CO)O[C@H]4O)O[C@@H]3CO)[C@@H]2O)(C(=O)O)C[C@@H]1O. The van der Waals surface area contributed by atoms with E-state index < -0.39 is 173 Å². The van der Waals surface area contributed by atoms with Crippen LogP contribution in [0.3, 0.4) is 0 Å². The van der Waals surface area contributed by atoms with Gasteiger partial charge in [-0.3, -0.25) is 4.79 Å². The van der Waals surface area contributed by atoms with Crippen molar-refractivity contribution in [3.8, 4) is 0 Å². The molecule has 1 amide bonds. The molecule has 0 radical (unpaired) electrons. The predicted molar refractivity (Wildman–Crippen MR) is 165 cm³/mol. The third-order valence-corrected chi connectivity index (χ3v) is 9.66. The number of hydrogen-bond acceptors (Lipinski definition) is 23. The van der Waals surface area contributed by atoms with Crippen molar-refractivity contribution < 1.29 is 114 Å². The Labute approximate surface area is 305 Å². The molecule has 25 heteroatoms. The van der Waals surface area contributed by atoms with Crippen LogP contribution >= 0.6 is 0 Å². The minimum Gasteiger partial charge on any atom is -0.477 e. The van der Waals surface area contributed by atoms with E-state index in [-0.39, 0.29) is 0 Å². The third kappa shape index (κ3) is 9.12. The lowest BCUT2D eigenvalue weighted by Crippen LogP contribution is -2.71. The van der Waals surface area contributed by atoms with Gasteiger partial charge >= 0.3 is 5.97 Å². The van der Waals surface area contributed by atoms with Gasteiger partial charge in [-0.2, -0.15) is 0 Å². The van der Waals surface area contributed by atoms with Crippen LogP contribution in [0.5, 0.6) is 0 Å². The maximum Gasteiger partial charge on any atom is 0.364 e. The first-order chi connectivity index (χ1) is 25.4. The van der Waals surface area contributed by atoms with Crippen molar-refractivity contribution in [2.75, 3.05) is 26.4 Å². The summed E-state index contributed by atoms with van der Waals surface area (Å²) in [5, 5.41) is 148. The van der Waals surface area contributed by atoms with Crippen LogP contribution in [0.4, 0.5) is 0 Å². The highest BCUT2D eigenvalue weighted by Gasteiger charge is 2.60. The Morgan fingerprint density at radius 3 is 1.91 bits per heavy atom. The molecular formula is C29H50N2O23. The quantitative estimate of drug-likeness (QED) is 0.0776. The van der Waals surface area contributed by atoms with Gasteiger partial charge in [0.05, 0.1) is 44.6 Å². The lowest BCUT2D eigenvalue weighted by atomic mass is 9.88. The molecule has 314 valence electrons. The first-order valence-electron chi connectivity index (χ1n) is 16.8. The fraction of sp³-hybridized carbons (Fsp3) is 0.931. The van der Waals surface area contributed by atoms with Crippen LogP contribution in [-0.4, -0.2) is 238 Å². The number of carboxylic acid groups (broad SMARTS) is 1. The molecule has 0 unspecified atom stereocenters. The van der Waals surface area contributed by atoms with Gasteiger partial charge in [-0.25, -0.2) is 4.79 Å². The van der Waals surface area contributed by atoms with Gasteiger partial charge in [0.2, 0.25) is 5.91 Å². The Kier molecular flexibility index (Phi) is 15.4. The van der Waals surface area contributed by atoms with Gasteiger partial charge < -0.3 is 116 Å². The number of nitrogens with two attached hydrogens (primary N) is 1. The van der Waals surface area contributed by atoms with Crippen molar-refractivity contribution in [1.29, 1.82) is 0 Å². The summed E-state index contributed by atoms with van der Waals surface area (Å²) >= 11 is 0. The van der Waals surface area contributed by atoms with E-state index >= 15 is 0 Å². The molecule has 4 heterocycles. The average Bonchev–Trinajstić information content (AvgIpc) is 3.13. The summed E-state index contributed by atoms with van der Waals surface area (Å²) < 4.78 is 38.5. The Balaban J connectivity index is 1.57. The zero-order valence-corrected chi connectivity index (χ0v) is 28.6. The number of nitrogens with one attached hydrogen (secondary N) is 1. The number of aliphatic hydroxyl groups excluding tert-OH is 13. The Bertz CT molecular complexity index is 1240. The summed E-state index contributed by atoms with van der Waals surface area (Å²) in [5.41, 5.74) is 6.10. The van der Waals surface area contributed by atoms with E-state index in [2.05, 4.69) is 5.32 Å². The lowest BCUT2D eigenvalue weighted by molar-refractivity contribution is -0.387. The monoisotopic (exact) mass is 794 g/mol. The molecule has 4 aliphatic rings. The van der Waals surface area contributed by atoms with E-state index in [4.69, 9.17) is 38.9 Å². The molecule has 0 saturated carbocycles. The van der Waals surface area contributed by atoms with Gasteiger partial charge in [-0.15, -0.1) is 0 Å². The van der Waals surface area contributed by atoms with E-state index in [0.29, 0.717) is 0 Å². The largest absolute Gasteiger partial charge is 0.477 e. The first kappa shape index (κ1) is 44.8. The Hall–Kier alpha value is -1.90. The summed E-state index contributed by atoms with van der Waals surface area (Å²) in [6.45, 7) is -2.81. The van der Waals surface area contributed by atoms with Crippen molar-refractivity contribution in [3.63, 3.8) is 0 Å². The highest BCUT2D eigenvalue weighted by molar-refractivity contribution is 5.76. The summed E-state index contributed by atoms with van der Waals surface area (Å²) in [7, 11) is 0. The molecular weight excluding hydrogens is 744 g/mol. The molecule has 54 heavy (non-hydrogen) atoms. The fourth-order valence-corrected chi connectivity index (χ4v) is 6.68. The summed E-state index contributed by atoms with van der Waals surface area (Å²) in [4.78, 5) is 24.6. The van der Waals surface area contributed by atoms with Gasteiger partial charge in [-0.05, 0) is 0 Å². The average molecular weight is 795 g/mol. The van der Waals surface area contributed by atoms with Crippen LogP contribution in [0.2, 0.25) is 0 Å². The van der Waals surface area contributed by atoms with Gasteiger partial charge in [-0.1, -0.05) is 0 Å². The Morgan fingerprint density at radius 2 is 1.35 bits per heavy atom. The zero-order valence-electron chi connectivity index (χ0n) is 28.6. The van der Waals surface area contributed by atoms with Crippen LogP contribution < -0.4 is 11.1 Å². The molecule has 0 aliphatic carbocycles.